The highest BCUT2D eigenvalue weighted by molar-refractivity contribution is 5.80. The zero-order valence-electron chi connectivity index (χ0n) is 11.7. The van der Waals surface area contributed by atoms with Gasteiger partial charge in [-0.25, -0.2) is 0 Å². The van der Waals surface area contributed by atoms with E-state index in [1.165, 1.54) is 5.56 Å². The van der Waals surface area contributed by atoms with E-state index in [2.05, 4.69) is 49.4 Å². The molecule has 0 aliphatic carbocycles. The van der Waals surface area contributed by atoms with Crippen molar-refractivity contribution in [1.29, 1.82) is 0 Å². The van der Waals surface area contributed by atoms with Gasteiger partial charge in [-0.1, -0.05) is 48.5 Å². The largest absolute Gasteiger partial charge is 0.459 e. The van der Waals surface area contributed by atoms with Gasteiger partial charge >= 0.3 is 0 Å². The zero-order valence-corrected chi connectivity index (χ0v) is 11.7. The molecule has 2 nitrogen and oxygen atoms in total. The van der Waals surface area contributed by atoms with Gasteiger partial charge in [-0.2, -0.15) is 0 Å². The van der Waals surface area contributed by atoms with Crippen LogP contribution in [0.15, 0.2) is 59.0 Å². The highest BCUT2D eigenvalue weighted by Gasteiger charge is 2.13. The average molecular weight is 265 g/mol. The highest BCUT2D eigenvalue weighted by atomic mass is 16.3. The van der Waals surface area contributed by atoms with Crippen molar-refractivity contribution >= 4 is 11.0 Å². The van der Waals surface area contributed by atoms with Crippen LogP contribution in [0.5, 0.6) is 0 Å². The first-order valence-corrected chi connectivity index (χ1v) is 7.02. The summed E-state index contributed by atoms with van der Waals surface area (Å²) in [5.74, 6) is 0.880. The molecule has 0 bridgehead atoms. The molecular formula is C18H19NO. The minimum atomic E-state index is -0.0537. The maximum atomic E-state index is 6.26. The molecule has 0 fully saturated rings. The zero-order chi connectivity index (χ0) is 13.9. The van der Waals surface area contributed by atoms with Crippen LogP contribution in [0.25, 0.3) is 11.0 Å². The lowest BCUT2D eigenvalue weighted by molar-refractivity contribution is 0.477. The van der Waals surface area contributed by atoms with E-state index in [0.29, 0.717) is 0 Å². The Labute approximate surface area is 119 Å². The molecule has 1 aromatic heterocycles. The number of aryl methyl sites for hydroxylation is 2. The Hall–Kier alpha value is -2.06. The van der Waals surface area contributed by atoms with E-state index in [9.17, 15) is 0 Å². The van der Waals surface area contributed by atoms with Crippen molar-refractivity contribution in [2.45, 2.75) is 25.8 Å². The van der Waals surface area contributed by atoms with Crippen LogP contribution in [0.4, 0.5) is 0 Å². The molecule has 0 aliphatic rings. The number of para-hydroxylation sites is 1. The molecule has 1 atom stereocenters. The van der Waals surface area contributed by atoms with Crippen LogP contribution in [0, 0.1) is 6.92 Å². The molecule has 2 heteroatoms. The molecule has 3 aromatic rings. The van der Waals surface area contributed by atoms with Gasteiger partial charge in [0.2, 0.25) is 0 Å². The molecule has 0 aliphatic heterocycles. The van der Waals surface area contributed by atoms with E-state index in [1.54, 1.807) is 0 Å². The lowest BCUT2D eigenvalue weighted by Crippen LogP contribution is -2.10. The maximum absolute atomic E-state index is 6.26. The van der Waals surface area contributed by atoms with E-state index in [-0.39, 0.29) is 6.04 Å². The summed E-state index contributed by atoms with van der Waals surface area (Å²) >= 11 is 0. The van der Waals surface area contributed by atoms with Crippen molar-refractivity contribution in [2.24, 2.45) is 5.73 Å². The highest BCUT2D eigenvalue weighted by Crippen LogP contribution is 2.27. The number of furan rings is 1. The van der Waals surface area contributed by atoms with Gasteiger partial charge in [0.25, 0.3) is 0 Å². The number of nitrogens with two attached hydrogens (primary N) is 1. The van der Waals surface area contributed by atoms with E-state index in [0.717, 1.165) is 35.1 Å². The monoisotopic (exact) mass is 265 g/mol. The van der Waals surface area contributed by atoms with Gasteiger partial charge < -0.3 is 10.2 Å². The van der Waals surface area contributed by atoms with Gasteiger partial charge in [-0.05, 0) is 37.0 Å². The number of benzene rings is 2. The normalized spacial score (nSPS) is 12.7. The number of hydrogen-bond acceptors (Lipinski definition) is 2. The van der Waals surface area contributed by atoms with Gasteiger partial charge in [0.15, 0.2) is 0 Å². The summed E-state index contributed by atoms with van der Waals surface area (Å²) < 4.78 is 5.92. The Kier molecular flexibility index (Phi) is 3.57. The molecule has 0 saturated carbocycles. The first-order valence-electron chi connectivity index (χ1n) is 7.02. The van der Waals surface area contributed by atoms with Crippen LogP contribution in [0.3, 0.4) is 0 Å². The second-order valence-corrected chi connectivity index (χ2v) is 5.27. The molecule has 102 valence electrons. The lowest BCUT2D eigenvalue weighted by atomic mass is 10.0. The fourth-order valence-electron chi connectivity index (χ4n) is 2.52. The molecule has 20 heavy (non-hydrogen) atoms. The summed E-state index contributed by atoms with van der Waals surface area (Å²) in [7, 11) is 0. The predicted molar refractivity (Wildman–Crippen MR) is 82.6 cm³/mol. The van der Waals surface area contributed by atoms with Crippen LogP contribution in [-0.4, -0.2) is 0 Å². The van der Waals surface area contributed by atoms with Crippen LogP contribution in [0.2, 0.25) is 0 Å². The topological polar surface area (TPSA) is 39.2 Å². The van der Waals surface area contributed by atoms with Crippen LogP contribution >= 0.6 is 0 Å². The Morgan fingerprint density at radius 3 is 2.60 bits per heavy atom. The minimum absolute atomic E-state index is 0.0537. The molecule has 1 unspecified atom stereocenters. The van der Waals surface area contributed by atoms with Crippen molar-refractivity contribution < 1.29 is 4.42 Å². The summed E-state index contributed by atoms with van der Waals surface area (Å²) in [4.78, 5) is 0. The number of rotatable bonds is 4. The molecule has 0 radical (unpaired) electrons. The molecule has 2 aromatic carbocycles. The fourth-order valence-corrected chi connectivity index (χ4v) is 2.52. The average Bonchev–Trinajstić information content (AvgIpc) is 2.91. The lowest BCUT2D eigenvalue weighted by Gasteiger charge is -2.08. The smallest absolute Gasteiger partial charge is 0.137 e. The maximum Gasteiger partial charge on any atom is 0.137 e. The third kappa shape index (κ3) is 2.61. The molecule has 0 saturated heterocycles. The summed E-state index contributed by atoms with van der Waals surface area (Å²) in [6.45, 7) is 2.06. The molecule has 2 N–H and O–H groups in total. The molecular weight excluding hydrogens is 246 g/mol. The second-order valence-electron chi connectivity index (χ2n) is 5.27. The van der Waals surface area contributed by atoms with Gasteiger partial charge in [0, 0.05) is 5.39 Å². The van der Waals surface area contributed by atoms with E-state index < -0.39 is 0 Å². The van der Waals surface area contributed by atoms with Crippen molar-refractivity contribution in [1.82, 2.24) is 0 Å². The molecule has 0 spiro atoms. The second kappa shape index (κ2) is 5.51. The van der Waals surface area contributed by atoms with E-state index >= 15 is 0 Å². The van der Waals surface area contributed by atoms with Crippen LogP contribution < -0.4 is 5.73 Å². The van der Waals surface area contributed by atoms with Crippen LogP contribution in [0.1, 0.15) is 29.3 Å². The van der Waals surface area contributed by atoms with Crippen molar-refractivity contribution in [3.63, 3.8) is 0 Å². The molecule has 3 rings (SSSR count). The quantitative estimate of drug-likeness (QED) is 0.760. The van der Waals surface area contributed by atoms with Crippen molar-refractivity contribution in [2.75, 3.05) is 0 Å². The SMILES string of the molecule is Cc1cccc2cc(C(N)CCc3ccccc3)oc12. The van der Waals surface area contributed by atoms with Gasteiger partial charge in [-0.15, -0.1) is 0 Å². The Bertz CT molecular complexity index is 700. The van der Waals surface area contributed by atoms with Crippen molar-refractivity contribution in [3.8, 4) is 0 Å². The fraction of sp³-hybridized carbons (Fsp3) is 0.222. The Morgan fingerprint density at radius 1 is 1.05 bits per heavy atom. The van der Waals surface area contributed by atoms with Crippen LogP contribution in [-0.2, 0) is 6.42 Å². The summed E-state index contributed by atoms with van der Waals surface area (Å²) in [5, 5.41) is 1.13. The third-order valence-corrected chi connectivity index (χ3v) is 3.71. The number of fused-ring (bicyclic) bond motifs is 1. The number of hydrogen-bond donors (Lipinski definition) is 1. The minimum Gasteiger partial charge on any atom is -0.459 e. The van der Waals surface area contributed by atoms with Gasteiger partial charge in [0.1, 0.15) is 11.3 Å². The van der Waals surface area contributed by atoms with Crippen molar-refractivity contribution in [3.05, 3.63) is 71.5 Å². The third-order valence-electron chi connectivity index (χ3n) is 3.71. The molecule has 0 amide bonds. The first kappa shape index (κ1) is 12.9. The van der Waals surface area contributed by atoms with E-state index in [4.69, 9.17) is 10.2 Å². The van der Waals surface area contributed by atoms with E-state index in [1.807, 2.05) is 12.1 Å². The Morgan fingerprint density at radius 2 is 1.85 bits per heavy atom. The van der Waals surface area contributed by atoms with Gasteiger partial charge in [-0.3, -0.25) is 0 Å². The molecule has 1 heterocycles. The predicted octanol–water partition coefficient (Wildman–Crippen LogP) is 4.37. The summed E-state index contributed by atoms with van der Waals surface area (Å²) in [6, 6.07) is 18.6. The summed E-state index contributed by atoms with van der Waals surface area (Å²) in [6.07, 6.45) is 1.86. The Balaban J connectivity index is 1.75. The van der Waals surface area contributed by atoms with Gasteiger partial charge in [0.05, 0.1) is 6.04 Å². The first-order chi connectivity index (χ1) is 9.74. The standard InChI is InChI=1S/C18H19NO/c1-13-6-5-9-15-12-17(20-18(13)15)16(19)11-10-14-7-3-2-4-8-14/h2-9,12,16H,10-11,19H2,1H3. The summed E-state index contributed by atoms with van der Waals surface area (Å²) in [5.41, 5.74) is 9.69.